The molecule has 0 unspecified atom stereocenters. The van der Waals surface area contributed by atoms with Gasteiger partial charge in [0.05, 0.1) is 22.1 Å². The second-order valence-corrected chi connectivity index (χ2v) is 7.00. The van der Waals surface area contributed by atoms with E-state index >= 15 is 0 Å². The number of nitrogens with zero attached hydrogens (tertiary/aromatic N) is 2. The summed E-state index contributed by atoms with van der Waals surface area (Å²) in [5.41, 5.74) is 0.467. The number of nitriles is 1. The molecular weight excluding hydrogens is 316 g/mol. The molecule has 2 rings (SSSR count). The molecule has 6 nitrogen and oxygen atoms in total. The summed E-state index contributed by atoms with van der Waals surface area (Å²) in [5, 5.41) is 8.83. The summed E-state index contributed by atoms with van der Waals surface area (Å²) in [6.07, 6.45) is 0. The Morgan fingerprint density at radius 3 is 2.48 bits per heavy atom. The van der Waals surface area contributed by atoms with E-state index in [4.69, 9.17) is 10.00 Å². The van der Waals surface area contributed by atoms with Crippen LogP contribution in [0.25, 0.3) is 0 Å². The van der Waals surface area contributed by atoms with Crippen molar-refractivity contribution in [2.75, 3.05) is 14.1 Å². The summed E-state index contributed by atoms with van der Waals surface area (Å²) in [7, 11) is -0.813. The molecule has 0 aliphatic heterocycles. The lowest BCUT2D eigenvalue weighted by atomic mass is 10.2. The molecule has 2 aromatic carbocycles. The van der Waals surface area contributed by atoms with Crippen molar-refractivity contribution in [3.05, 3.63) is 59.7 Å². The van der Waals surface area contributed by atoms with Crippen molar-refractivity contribution in [1.29, 1.82) is 5.26 Å². The van der Waals surface area contributed by atoms with Gasteiger partial charge in [-0.3, -0.25) is 0 Å². The Kier molecular flexibility index (Phi) is 4.79. The monoisotopic (exact) mass is 330 g/mol. The first-order valence-corrected chi connectivity index (χ1v) is 8.03. The number of ether oxygens (including phenoxy) is 1. The first-order chi connectivity index (χ1) is 10.8. The molecule has 0 saturated carbocycles. The van der Waals surface area contributed by atoms with Crippen LogP contribution in [0.5, 0.6) is 5.75 Å². The average molecular weight is 330 g/mol. The molecule has 0 amide bonds. The second kappa shape index (κ2) is 6.60. The molecular formula is C16H14N2O4S. The van der Waals surface area contributed by atoms with E-state index in [0.717, 1.165) is 4.31 Å². The maximum atomic E-state index is 12.1. The van der Waals surface area contributed by atoms with Gasteiger partial charge in [-0.1, -0.05) is 12.1 Å². The smallest absolute Gasteiger partial charge is 0.343 e. The summed E-state index contributed by atoms with van der Waals surface area (Å²) in [4.78, 5) is 12.2. The minimum atomic E-state index is -3.63. The largest absolute Gasteiger partial charge is 0.423 e. The Hall–Kier alpha value is -2.69. The first kappa shape index (κ1) is 16.7. The predicted octanol–water partition coefficient (Wildman–Crippen LogP) is 2.03. The Bertz CT molecular complexity index is 883. The van der Waals surface area contributed by atoms with Gasteiger partial charge in [0.1, 0.15) is 5.75 Å². The van der Waals surface area contributed by atoms with Gasteiger partial charge in [-0.25, -0.2) is 17.5 Å². The van der Waals surface area contributed by atoms with E-state index in [1.54, 1.807) is 18.2 Å². The van der Waals surface area contributed by atoms with Crippen molar-refractivity contribution in [2.24, 2.45) is 0 Å². The van der Waals surface area contributed by atoms with E-state index in [1.165, 1.54) is 44.4 Å². The molecule has 0 radical (unpaired) electrons. The van der Waals surface area contributed by atoms with Crippen molar-refractivity contribution >= 4 is 16.0 Å². The van der Waals surface area contributed by atoms with Gasteiger partial charge in [-0.15, -0.1) is 0 Å². The van der Waals surface area contributed by atoms with Gasteiger partial charge >= 0.3 is 5.97 Å². The lowest BCUT2D eigenvalue weighted by molar-refractivity contribution is 0.0734. The normalized spacial score (nSPS) is 11.0. The maximum Gasteiger partial charge on any atom is 0.343 e. The molecule has 0 saturated heterocycles. The number of sulfonamides is 1. The van der Waals surface area contributed by atoms with Crippen molar-refractivity contribution in [1.82, 2.24) is 4.31 Å². The fraction of sp³-hybridized carbons (Fsp3) is 0.125. The number of carbonyl (C=O) groups excluding carboxylic acids is 1. The van der Waals surface area contributed by atoms with Crippen LogP contribution in [0.1, 0.15) is 15.9 Å². The van der Waals surface area contributed by atoms with Crippen LogP contribution in [-0.2, 0) is 10.0 Å². The Morgan fingerprint density at radius 2 is 1.83 bits per heavy atom. The lowest BCUT2D eigenvalue weighted by Crippen LogP contribution is -2.22. The van der Waals surface area contributed by atoms with E-state index in [9.17, 15) is 13.2 Å². The topological polar surface area (TPSA) is 87.5 Å². The van der Waals surface area contributed by atoms with Gasteiger partial charge in [-0.2, -0.15) is 5.26 Å². The number of carbonyl (C=O) groups is 1. The number of benzene rings is 2. The first-order valence-electron chi connectivity index (χ1n) is 6.59. The van der Waals surface area contributed by atoms with Crippen LogP contribution in [0.15, 0.2) is 53.4 Å². The fourth-order valence-corrected chi connectivity index (χ4v) is 2.74. The zero-order chi connectivity index (χ0) is 17.0. The number of hydrogen-bond acceptors (Lipinski definition) is 5. The quantitative estimate of drug-likeness (QED) is 0.632. The molecule has 0 N–H and O–H groups in total. The van der Waals surface area contributed by atoms with Gasteiger partial charge in [-0.05, 0) is 36.4 Å². The van der Waals surface area contributed by atoms with Crippen LogP contribution in [-0.4, -0.2) is 32.8 Å². The van der Waals surface area contributed by atoms with E-state index in [1.807, 2.05) is 6.07 Å². The molecule has 0 fully saturated rings. The van der Waals surface area contributed by atoms with Crippen LogP contribution < -0.4 is 4.74 Å². The molecule has 0 aromatic heterocycles. The number of rotatable bonds is 4. The molecule has 0 heterocycles. The highest BCUT2D eigenvalue weighted by atomic mass is 32.2. The van der Waals surface area contributed by atoms with Crippen LogP contribution in [0.3, 0.4) is 0 Å². The zero-order valence-corrected chi connectivity index (χ0v) is 13.4. The predicted molar refractivity (Wildman–Crippen MR) is 83.4 cm³/mol. The van der Waals surface area contributed by atoms with Crippen LogP contribution >= 0.6 is 0 Å². The van der Waals surface area contributed by atoms with E-state index < -0.39 is 16.0 Å². The summed E-state index contributed by atoms with van der Waals surface area (Å²) >= 11 is 0. The molecule has 0 aliphatic carbocycles. The lowest BCUT2D eigenvalue weighted by Gasteiger charge is -2.12. The average Bonchev–Trinajstić information content (AvgIpc) is 2.55. The highest BCUT2D eigenvalue weighted by molar-refractivity contribution is 7.89. The maximum absolute atomic E-state index is 12.1. The molecule has 2 aromatic rings. The third-order valence-corrected chi connectivity index (χ3v) is 4.83. The molecule has 7 heteroatoms. The highest BCUT2D eigenvalue weighted by Crippen LogP contribution is 2.18. The minimum absolute atomic E-state index is 0.00252. The molecule has 118 valence electrons. The zero-order valence-electron chi connectivity index (χ0n) is 12.6. The van der Waals surface area contributed by atoms with Crippen molar-refractivity contribution in [3.8, 4) is 11.8 Å². The highest BCUT2D eigenvalue weighted by Gasteiger charge is 2.19. The van der Waals surface area contributed by atoms with Gasteiger partial charge in [0.25, 0.3) is 0 Å². The summed E-state index contributed by atoms with van der Waals surface area (Å²) < 4.78 is 30.4. The van der Waals surface area contributed by atoms with Gasteiger partial charge in [0, 0.05) is 14.1 Å². The SMILES string of the molecule is CN(C)S(=O)(=O)c1cccc(C(=O)Oc2cccc(C#N)c2)c1. The molecule has 0 atom stereocenters. The van der Waals surface area contributed by atoms with Gasteiger partial charge in [0.2, 0.25) is 10.0 Å². The molecule has 0 bridgehead atoms. The number of hydrogen-bond donors (Lipinski definition) is 0. The standard InChI is InChI=1S/C16H14N2O4S/c1-18(2)23(20,21)15-8-4-6-13(10-15)16(19)22-14-7-3-5-12(9-14)11-17/h3-10H,1-2H3. The summed E-state index contributed by atoms with van der Waals surface area (Å²) in [5.74, 6) is -0.481. The van der Waals surface area contributed by atoms with Crippen molar-refractivity contribution in [3.63, 3.8) is 0 Å². The Morgan fingerprint density at radius 1 is 1.13 bits per heavy atom. The van der Waals surface area contributed by atoms with E-state index in [-0.39, 0.29) is 16.2 Å². The molecule has 0 aliphatic rings. The fourth-order valence-electron chi connectivity index (χ4n) is 1.79. The van der Waals surface area contributed by atoms with Crippen molar-refractivity contribution in [2.45, 2.75) is 4.90 Å². The summed E-state index contributed by atoms with van der Waals surface area (Å²) in [6.45, 7) is 0. The van der Waals surface area contributed by atoms with Crippen LogP contribution in [0, 0.1) is 11.3 Å². The minimum Gasteiger partial charge on any atom is -0.423 e. The number of esters is 1. The molecule has 23 heavy (non-hydrogen) atoms. The van der Waals surface area contributed by atoms with Crippen LogP contribution in [0.2, 0.25) is 0 Å². The van der Waals surface area contributed by atoms with Crippen LogP contribution in [0.4, 0.5) is 0 Å². The second-order valence-electron chi connectivity index (χ2n) is 4.84. The third-order valence-electron chi connectivity index (χ3n) is 3.02. The Labute approximate surface area is 134 Å². The Balaban J connectivity index is 2.29. The third kappa shape index (κ3) is 3.74. The summed E-state index contributed by atoms with van der Waals surface area (Å²) in [6, 6.07) is 13.7. The van der Waals surface area contributed by atoms with Gasteiger partial charge in [0.15, 0.2) is 0 Å². The molecule has 0 spiro atoms. The van der Waals surface area contributed by atoms with E-state index in [2.05, 4.69) is 0 Å². The van der Waals surface area contributed by atoms with Gasteiger partial charge < -0.3 is 4.74 Å². The van der Waals surface area contributed by atoms with E-state index in [0.29, 0.717) is 5.56 Å². The van der Waals surface area contributed by atoms with Crippen molar-refractivity contribution < 1.29 is 17.9 Å².